The summed E-state index contributed by atoms with van der Waals surface area (Å²) in [5.74, 6) is 0.755. The molecular formula is C11H9N5. The van der Waals surface area contributed by atoms with E-state index in [1.54, 1.807) is 6.20 Å². The van der Waals surface area contributed by atoms with E-state index in [2.05, 4.69) is 25.5 Å². The molecule has 0 radical (unpaired) electrons. The number of H-pyrrole nitrogens is 1. The molecule has 0 fully saturated rings. The summed E-state index contributed by atoms with van der Waals surface area (Å²) in [7, 11) is 0. The van der Waals surface area contributed by atoms with Crippen LogP contribution in [-0.4, -0.2) is 20.2 Å². The fourth-order valence-electron chi connectivity index (χ4n) is 1.52. The predicted octanol–water partition coefficient (Wildman–Crippen LogP) is 2.10. The van der Waals surface area contributed by atoms with Crippen LogP contribution in [0.5, 0.6) is 0 Å². The van der Waals surface area contributed by atoms with Crippen molar-refractivity contribution in [1.82, 2.24) is 20.2 Å². The molecule has 0 saturated heterocycles. The SMILES string of the molecule is c1ccc(Nc2ncnc3[nH]ncc23)cc1. The first kappa shape index (κ1) is 8.84. The minimum Gasteiger partial charge on any atom is -0.340 e. The van der Waals surface area contributed by atoms with Gasteiger partial charge in [-0.15, -0.1) is 0 Å². The molecule has 3 rings (SSSR count). The van der Waals surface area contributed by atoms with Crippen LogP contribution in [-0.2, 0) is 0 Å². The Kier molecular flexibility index (Phi) is 2.00. The average Bonchev–Trinajstić information content (AvgIpc) is 2.80. The molecule has 0 amide bonds. The number of nitrogens with one attached hydrogen (secondary N) is 2. The maximum Gasteiger partial charge on any atom is 0.160 e. The van der Waals surface area contributed by atoms with Gasteiger partial charge >= 0.3 is 0 Å². The Morgan fingerprint density at radius 2 is 1.94 bits per heavy atom. The van der Waals surface area contributed by atoms with Crippen LogP contribution in [0.1, 0.15) is 0 Å². The molecule has 1 aromatic carbocycles. The molecule has 2 aromatic heterocycles. The molecule has 78 valence electrons. The summed E-state index contributed by atoms with van der Waals surface area (Å²) in [6, 6.07) is 9.87. The van der Waals surface area contributed by atoms with Crippen LogP contribution < -0.4 is 5.32 Å². The van der Waals surface area contributed by atoms with Crippen LogP contribution >= 0.6 is 0 Å². The van der Waals surface area contributed by atoms with Gasteiger partial charge in [0.25, 0.3) is 0 Å². The summed E-state index contributed by atoms with van der Waals surface area (Å²) in [6.45, 7) is 0. The van der Waals surface area contributed by atoms with Crippen molar-refractivity contribution in [3.8, 4) is 0 Å². The first-order chi connectivity index (χ1) is 7.93. The van der Waals surface area contributed by atoms with Crippen molar-refractivity contribution in [3.05, 3.63) is 42.9 Å². The monoisotopic (exact) mass is 211 g/mol. The van der Waals surface area contributed by atoms with E-state index in [1.165, 1.54) is 6.33 Å². The van der Waals surface area contributed by atoms with Crippen LogP contribution in [0.15, 0.2) is 42.9 Å². The summed E-state index contributed by atoms with van der Waals surface area (Å²) in [6.07, 6.45) is 3.21. The summed E-state index contributed by atoms with van der Waals surface area (Å²) in [5, 5.41) is 10.8. The highest BCUT2D eigenvalue weighted by Gasteiger charge is 2.04. The lowest BCUT2D eigenvalue weighted by Crippen LogP contribution is -1.94. The highest BCUT2D eigenvalue weighted by molar-refractivity contribution is 5.87. The fraction of sp³-hybridized carbons (Fsp3) is 0. The van der Waals surface area contributed by atoms with Gasteiger partial charge in [-0.2, -0.15) is 5.10 Å². The number of benzene rings is 1. The Morgan fingerprint density at radius 3 is 2.81 bits per heavy atom. The number of hydrogen-bond acceptors (Lipinski definition) is 4. The second-order valence-electron chi connectivity index (χ2n) is 3.35. The van der Waals surface area contributed by atoms with Crippen molar-refractivity contribution in [3.63, 3.8) is 0 Å². The second-order valence-corrected chi connectivity index (χ2v) is 3.35. The van der Waals surface area contributed by atoms with E-state index in [-0.39, 0.29) is 0 Å². The molecule has 0 unspecified atom stereocenters. The van der Waals surface area contributed by atoms with Crippen LogP contribution in [0.4, 0.5) is 11.5 Å². The van der Waals surface area contributed by atoms with E-state index in [1.807, 2.05) is 30.3 Å². The third-order valence-electron chi connectivity index (χ3n) is 2.28. The van der Waals surface area contributed by atoms with Crippen LogP contribution in [0.2, 0.25) is 0 Å². The minimum atomic E-state index is 0.730. The molecule has 0 atom stereocenters. The third-order valence-corrected chi connectivity index (χ3v) is 2.28. The van der Waals surface area contributed by atoms with Crippen molar-refractivity contribution < 1.29 is 0 Å². The molecule has 0 aliphatic heterocycles. The van der Waals surface area contributed by atoms with Gasteiger partial charge < -0.3 is 5.32 Å². The van der Waals surface area contributed by atoms with E-state index in [9.17, 15) is 0 Å². The summed E-state index contributed by atoms with van der Waals surface area (Å²) >= 11 is 0. The number of anilines is 2. The van der Waals surface area contributed by atoms with Gasteiger partial charge in [-0.3, -0.25) is 5.10 Å². The zero-order valence-electron chi connectivity index (χ0n) is 8.38. The van der Waals surface area contributed by atoms with Crippen molar-refractivity contribution in [1.29, 1.82) is 0 Å². The predicted molar refractivity (Wildman–Crippen MR) is 61.4 cm³/mol. The highest BCUT2D eigenvalue weighted by Crippen LogP contribution is 2.20. The van der Waals surface area contributed by atoms with E-state index in [0.717, 1.165) is 22.5 Å². The van der Waals surface area contributed by atoms with E-state index in [0.29, 0.717) is 0 Å². The number of fused-ring (bicyclic) bond motifs is 1. The molecule has 0 spiro atoms. The fourth-order valence-corrected chi connectivity index (χ4v) is 1.52. The van der Waals surface area contributed by atoms with E-state index >= 15 is 0 Å². The van der Waals surface area contributed by atoms with Crippen molar-refractivity contribution in [2.24, 2.45) is 0 Å². The largest absolute Gasteiger partial charge is 0.340 e. The van der Waals surface area contributed by atoms with Gasteiger partial charge in [0, 0.05) is 5.69 Å². The minimum absolute atomic E-state index is 0.730. The standard InChI is InChI=1S/C11H9N5/c1-2-4-8(5-3-1)15-10-9-6-14-16-11(9)13-7-12-10/h1-7H,(H2,12,13,14,15,16). The quantitative estimate of drug-likeness (QED) is 0.681. The van der Waals surface area contributed by atoms with Gasteiger partial charge in [-0.25, -0.2) is 9.97 Å². The van der Waals surface area contributed by atoms with Gasteiger partial charge in [0.15, 0.2) is 5.65 Å². The molecule has 0 bridgehead atoms. The third kappa shape index (κ3) is 1.48. The summed E-state index contributed by atoms with van der Waals surface area (Å²) in [4.78, 5) is 8.27. The Labute approximate surface area is 91.6 Å². The van der Waals surface area contributed by atoms with Crippen molar-refractivity contribution in [2.45, 2.75) is 0 Å². The van der Waals surface area contributed by atoms with Gasteiger partial charge in [-0.1, -0.05) is 18.2 Å². The normalized spacial score (nSPS) is 10.5. The van der Waals surface area contributed by atoms with E-state index in [4.69, 9.17) is 0 Å². The molecule has 16 heavy (non-hydrogen) atoms. The van der Waals surface area contributed by atoms with E-state index < -0.39 is 0 Å². The summed E-state index contributed by atoms with van der Waals surface area (Å²) < 4.78 is 0. The smallest absolute Gasteiger partial charge is 0.160 e. The maximum atomic E-state index is 4.19. The lowest BCUT2D eigenvalue weighted by Gasteiger charge is -2.04. The summed E-state index contributed by atoms with van der Waals surface area (Å²) in [5.41, 5.74) is 1.72. The molecule has 5 nitrogen and oxygen atoms in total. The van der Waals surface area contributed by atoms with Crippen LogP contribution in [0, 0.1) is 0 Å². The first-order valence-electron chi connectivity index (χ1n) is 4.89. The topological polar surface area (TPSA) is 66.5 Å². The molecule has 2 heterocycles. The molecular weight excluding hydrogens is 202 g/mol. The first-order valence-corrected chi connectivity index (χ1v) is 4.89. The molecule has 0 aliphatic carbocycles. The maximum absolute atomic E-state index is 4.19. The van der Waals surface area contributed by atoms with Crippen molar-refractivity contribution in [2.75, 3.05) is 5.32 Å². The Bertz CT molecular complexity index is 602. The Hall–Kier alpha value is -2.43. The lowest BCUT2D eigenvalue weighted by molar-refractivity contribution is 1.09. The molecule has 5 heteroatoms. The molecule has 0 aliphatic rings. The number of para-hydroxylation sites is 1. The van der Waals surface area contributed by atoms with Crippen LogP contribution in [0.3, 0.4) is 0 Å². The zero-order valence-corrected chi connectivity index (χ0v) is 8.38. The van der Waals surface area contributed by atoms with Gasteiger partial charge in [-0.05, 0) is 12.1 Å². The number of hydrogen-bond donors (Lipinski definition) is 2. The van der Waals surface area contributed by atoms with Crippen LogP contribution in [0.25, 0.3) is 11.0 Å². The van der Waals surface area contributed by atoms with Gasteiger partial charge in [0.05, 0.1) is 11.6 Å². The van der Waals surface area contributed by atoms with Crippen molar-refractivity contribution >= 4 is 22.5 Å². The van der Waals surface area contributed by atoms with Gasteiger partial charge in [0.1, 0.15) is 12.1 Å². The Balaban J connectivity index is 2.04. The average molecular weight is 211 g/mol. The lowest BCUT2D eigenvalue weighted by atomic mass is 10.3. The van der Waals surface area contributed by atoms with Gasteiger partial charge in [0.2, 0.25) is 0 Å². The molecule has 2 N–H and O–H groups in total. The number of nitrogens with zero attached hydrogens (tertiary/aromatic N) is 3. The molecule has 0 saturated carbocycles. The second kappa shape index (κ2) is 3.62. The molecule has 3 aromatic rings. The zero-order chi connectivity index (χ0) is 10.8. The highest BCUT2D eigenvalue weighted by atomic mass is 15.2. The number of rotatable bonds is 2. The number of aromatic amines is 1. The Morgan fingerprint density at radius 1 is 1.06 bits per heavy atom. The number of aromatic nitrogens is 4.